The summed E-state index contributed by atoms with van der Waals surface area (Å²) in [5.41, 5.74) is -4.79. The third-order valence-corrected chi connectivity index (χ3v) is 4.97. The average Bonchev–Trinajstić information content (AvgIpc) is 2.83. The van der Waals surface area contributed by atoms with Crippen molar-refractivity contribution in [2.75, 3.05) is 31.6 Å². The van der Waals surface area contributed by atoms with Crippen molar-refractivity contribution in [3.05, 3.63) is 58.1 Å². The van der Waals surface area contributed by atoms with Gasteiger partial charge in [-0.25, -0.2) is 4.79 Å². The molecule has 2 aromatic carbocycles. The third kappa shape index (κ3) is 9.32. The average molecular weight is 599 g/mol. The van der Waals surface area contributed by atoms with E-state index in [-0.39, 0.29) is 36.4 Å². The van der Waals surface area contributed by atoms with Crippen LogP contribution in [0.25, 0.3) is 0 Å². The van der Waals surface area contributed by atoms with Gasteiger partial charge < -0.3 is 19.5 Å². The monoisotopic (exact) mass is 598 g/mol. The predicted molar refractivity (Wildman–Crippen MR) is 127 cm³/mol. The molecular formula is C24H21ClF6N2O7. The molecule has 0 aliphatic carbocycles. The van der Waals surface area contributed by atoms with Crippen molar-refractivity contribution in [3.8, 4) is 5.75 Å². The van der Waals surface area contributed by atoms with Crippen LogP contribution in [-0.2, 0) is 31.4 Å². The van der Waals surface area contributed by atoms with E-state index < -0.39 is 77.5 Å². The third-order valence-electron chi connectivity index (χ3n) is 4.74. The zero-order chi connectivity index (χ0) is 30.3. The second kappa shape index (κ2) is 13.4. The van der Waals surface area contributed by atoms with E-state index in [9.17, 15) is 45.5 Å². The minimum Gasteiger partial charge on any atom is -0.465 e. The Balaban J connectivity index is 2.40. The molecule has 0 saturated heterocycles. The van der Waals surface area contributed by atoms with Gasteiger partial charge in [0, 0.05) is 10.7 Å². The fourth-order valence-corrected chi connectivity index (χ4v) is 3.23. The van der Waals surface area contributed by atoms with Crippen molar-refractivity contribution in [3.63, 3.8) is 0 Å². The number of ether oxygens (including phenoxy) is 3. The molecule has 2 aromatic rings. The standard InChI is InChI=1S/C24H21ClF6N2O7/c1-3-38-19(34)11-33(12-20(35)39-4-2)22(37)40-18-6-5-15(25)10-17(18)21(36)32-16-8-13(23(26,27)28)7-14(9-16)24(29,30)31/h5-10H,3-4,11-12H2,1-2H3,(H,32,36). The first kappa shape index (κ1) is 32.2. The van der Waals surface area contributed by atoms with E-state index in [4.69, 9.17) is 25.8 Å². The number of benzene rings is 2. The van der Waals surface area contributed by atoms with Crippen molar-refractivity contribution < 1.29 is 59.7 Å². The number of rotatable bonds is 9. The van der Waals surface area contributed by atoms with E-state index in [1.807, 2.05) is 5.32 Å². The Hall–Kier alpha value is -4.01. The Morgan fingerprint density at radius 1 is 0.825 bits per heavy atom. The van der Waals surface area contributed by atoms with Gasteiger partial charge in [0.1, 0.15) is 18.8 Å². The number of halogens is 7. The summed E-state index contributed by atoms with van der Waals surface area (Å²) in [7, 11) is 0. The fraction of sp³-hybridized carbons (Fsp3) is 0.333. The molecule has 0 heterocycles. The van der Waals surface area contributed by atoms with Crippen LogP contribution in [-0.4, -0.2) is 55.1 Å². The maximum Gasteiger partial charge on any atom is 0.416 e. The molecule has 9 nitrogen and oxygen atoms in total. The second-order valence-electron chi connectivity index (χ2n) is 7.72. The van der Waals surface area contributed by atoms with E-state index in [0.717, 1.165) is 18.2 Å². The molecule has 0 radical (unpaired) electrons. The van der Waals surface area contributed by atoms with Crippen molar-refractivity contribution in [1.29, 1.82) is 0 Å². The molecule has 0 unspecified atom stereocenters. The zero-order valence-corrected chi connectivity index (χ0v) is 21.5. The summed E-state index contributed by atoms with van der Waals surface area (Å²) >= 11 is 5.89. The van der Waals surface area contributed by atoms with E-state index in [1.165, 1.54) is 13.8 Å². The number of anilines is 1. The van der Waals surface area contributed by atoms with Crippen LogP contribution in [0.15, 0.2) is 36.4 Å². The highest BCUT2D eigenvalue weighted by molar-refractivity contribution is 6.31. The summed E-state index contributed by atoms with van der Waals surface area (Å²) in [6, 6.07) is 3.54. The number of esters is 2. The van der Waals surface area contributed by atoms with Crippen LogP contribution in [0.3, 0.4) is 0 Å². The highest BCUT2D eigenvalue weighted by atomic mass is 35.5. The number of hydrogen-bond donors (Lipinski definition) is 1. The SMILES string of the molecule is CCOC(=O)CN(CC(=O)OCC)C(=O)Oc1ccc(Cl)cc1C(=O)Nc1cc(C(F)(F)F)cc(C(F)(F)F)c1. The Bertz CT molecular complexity index is 1220. The maximum atomic E-state index is 13.2. The largest absolute Gasteiger partial charge is 0.465 e. The number of amides is 2. The molecule has 0 saturated carbocycles. The van der Waals surface area contributed by atoms with Crippen LogP contribution in [0.2, 0.25) is 5.02 Å². The number of alkyl halides is 6. The Labute approximate surface area is 227 Å². The van der Waals surface area contributed by atoms with Gasteiger partial charge >= 0.3 is 30.4 Å². The van der Waals surface area contributed by atoms with Crippen LogP contribution >= 0.6 is 11.6 Å². The van der Waals surface area contributed by atoms with Gasteiger partial charge in [0.15, 0.2) is 0 Å². The molecule has 0 atom stereocenters. The van der Waals surface area contributed by atoms with Gasteiger partial charge in [-0.1, -0.05) is 11.6 Å². The molecule has 218 valence electrons. The fourth-order valence-electron chi connectivity index (χ4n) is 3.06. The summed E-state index contributed by atoms with van der Waals surface area (Å²) in [6.45, 7) is 1.37. The molecule has 40 heavy (non-hydrogen) atoms. The van der Waals surface area contributed by atoms with Crippen molar-refractivity contribution >= 4 is 41.2 Å². The molecule has 0 aliphatic rings. The Kier molecular flexibility index (Phi) is 10.8. The van der Waals surface area contributed by atoms with Gasteiger partial charge in [-0.05, 0) is 50.2 Å². The molecular weight excluding hydrogens is 578 g/mol. The molecule has 0 aliphatic heterocycles. The molecule has 2 amide bonds. The number of hydrogen-bond acceptors (Lipinski definition) is 7. The van der Waals surface area contributed by atoms with E-state index >= 15 is 0 Å². The lowest BCUT2D eigenvalue weighted by atomic mass is 10.1. The van der Waals surface area contributed by atoms with Gasteiger partial charge in [0.25, 0.3) is 5.91 Å². The molecule has 0 bridgehead atoms. The Morgan fingerprint density at radius 2 is 1.32 bits per heavy atom. The van der Waals surface area contributed by atoms with E-state index in [1.54, 1.807) is 0 Å². The molecule has 0 aromatic heterocycles. The van der Waals surface area contributed by atoms with Crippen molar-refractivity contribution in [2.45, 2.75) is 26.2 Å². The minimum absolute atomic E-state index is 0.0474. The van der Waals surface area contributed by atoms with Crippen molar-refractivity contribution in [2.24, 2.45) is 0 Å². The van der Waals surface area contributed by atoms with Gasteiger partial charge in [-0.15, -0.1) is 0 Å². The lowest BCUT2D eigenvalue weighted by Crippen LogP contribution is -2.42. The number of carbonyl (C=O) groups excluding carboxylic acids is 4. The summed E-state index contributed by atoms with van der Waals surface area (Å²) < 4.78 is 93.7. The first-order valence-corrected chi connectivity index (χ1v) is 11.6. The maximum absolute atomic E-state index is 13.2. The van der Waals surface area contributed by atoms with Crippen molar-refractivity contribution in [1.82, 2.24) is 4.90 Å². The molecule has 0 spiro atoms. The van der Waals surface area contributed by atoms with Gasteiger partial charge in [-0.3, -0.25) is 19.3 Å². The first-order chi connectivity index (χ1) is 18.5. The molecule has 0 fully saturated rings. The van der Waals surface area contributed by atoms with Gasteiger partial charge in [-0.2, -0.15) is 26.3 Å². The minimum atomic E-state index is -5.17. The smallest absolute Gasteiger partial charge is 0.416 e. The highest BCUT2D eigenvalue weighted by Gasteiger charge is 2.37. The Morgan fingerprint density at radius 3 is 1.77 bits per heavy atom. The van der Waals surface area contributed by atoms with Gasteiger partial charge in [0.2, 0.25) is 0 Å². The first-order valence-electron chi connectivity index (χ1n) is 11.2. The summed E-state index contributed by atoms with van der Waals surface area (Å²) in [5, 5.41) is 1.79. The van der Waals surface area contributed by atoms with Crippen LogP contribution in [0.1, 0.15) is 35.3 Å². The summed E-state index contributed by atoms with van der Waals surface area (Å²) in [5.74, 6) is -3.67. The topological polar surface area (TPSA) is 111 Å². The summed E-state index contributed by atoms with van der Waals surface area (Å²) in [4.78, 5) is 50.1. The van der Waals surface area contributed by atoms with Gasteiger partial charge in [0.05, 0.1) is 29.9 Å². The van der Waals surface area contributed by atoms with Crippen LogP contribution in [0.4, 0.5) is 36.8 Å². The van der Waals surface area contributed by atoms with E-state index in [2.05, 4.69) is 0 Å². The normalized spacial score (nSPS) is 11.4. The number of carbonyl (C=O) groups is 4. The quantitative estimate of drug-likeness (QED) is 0.297. The second-order valence-corrected chi connectivity index (χ2v) is 8.16. The van der Waals surface area contributed by atoms with Crippen LogP contribution in [0.5, 0.6) is 5.75 Å². The number of nitrogens with zero attached hydrogens (tertiary/aromatic N) is 1. The lowest BCUT2D eigenvalue weighted by Gasteiger charge is -2.21. The van der Waals surface area contributed by atoms with Crippen LogP contribution in [0, 0.1) is 0 Å². The predicted octanol–water partition coefficient (Wildman–Crippen LogP) is 5.56. The zero-order valence-electron chi connectivity index (χ0n) is 20.7. The molecule has 1 N–H and O–H groups in total. The van der Waals surface area contributed by atoms with E-state index in [0.29, 0.717) is 4.90 Å². The molecule has 2 rings (SSSR count). The summed E-state index contributed by atoms with van der Waals surface area (Å²) in [6.07, 6.45) is -11.7. The number of nitrogens with one attached hydrogen (secondary N) is 1. The lowest BCUT2D eigenvalue weighted by molar-refractivity contribution is -0.147. The molecule has 16 heteroatoms. The highest BCUT2D eigenvalue weighted by Crippen LogP contribution is 2.38. The van der Waals surface area contributed by atoms with Crippen LogP contribution < -0.4 is 10.1 Å².